The zero-order valence-corrected chi connectivity index (χ0v) is 18.5. The van der Waals surface area contributed by atoms with Crippen LogP contribution in [-0.2, 0) is 14.4 Å². The highest BCUT2D eigenvalue weighted by atomic mass is 35.6. The van der Waals surface area contributed by atoms with E-state index in [0.29, 0.717) is 16.0 Å². The third-order valence-corrected chi connectivity index (χ3v) is 4.25. The lowest BCUT2D eigenvalue weighted by atomic mass is 10.1. The number of carbonyl (C=O) groups is 3. The summed E-state index contributed by atoms with van der Waals surface area (Å²) in [5, 5.41) is 0.932. The number of imide groups is 1. The lowest BCUT2D eigenvalue weighted by Gasteiger charge is -2.21. The number of benzene rings is 1. The highest BCUT2D eigenvalue weighted by Crippen LogP contribution is 2.22. The van der Waals surface area contributed by atoms with Crippen molar-refractivity contribution in [2.24, 2.45) is 0 Å². The second-order valence-electron chi connectivity index (χ2n) is 6.05. The van der Waals surface area contributed by atoms with Crippen molar-refractivity contribution in [2.75, 3.05) is 18.0 Å². The number of fused-ring (bicyclic) bond motifs is 1. The molecule has 0 N–H and O–H groups in total. The Hall–Kier alpha value is -2.29. The highest BCUT2D eigenvalue weighted by molar-refractivity contribution is 6.63. The molecule has 1 aliphatic rings. The topological polar surface area (TPSA) is 97.1 Å². The summed E-state index contributed by atoms with van der Waals surface area (Å²) in [4.78, 5) is 54.3. The van der Waals surface area contributed by atoms with E-state index < -0.39 is 27.7 Å². The molecule has 2 aromatic rings. The number of anilines is 1. The van der Waals surface area contributed by atoms with Crippen LogP contribution in [0.4, 0.5) is 5.69 Å². The Kier molecular flexibility index (Phi) is 8.52. The van der Waals surface area contributed by atoms with E-state index in [9.17, 15) is 19.2 Å². The lowest BCUT2D eigenvalue weighted by Crippen LogP contribution is -2.33. The van der Waals surface area contributed by atoms with E-state index in [1.165, 1.54) is 6.07 Å². The Balaban J connectivity index is 0.000000735. The number of carbonyl (C=O) groups excluding carboxylic acids is 3. The smallest absolute Gasteiger partial charge is 0.371 e. The van der Waals surface area contributed by atoms with E-state index in [0.717, 1.165) is 18.8 Å². The zero-order valence-electron chi connectivity index (χ0n) is 16.2. The van der Waals surface area contributed by atoms with Crippen molar-refractivity contribution in [1.29, 1.82) is 0 Å². The predicted molar refractivity (Wildman–Crippen MR) is 114 cm³/mol. The first kappa shape index (κ1) is 24.0. The quantitative estimate of drug-likeness (QED) is 0.366. The SMILES string of the molecule is CCN(CC)c1ccc2cc(C(=O)ON3C(=O)CCC3=O)c(=O)oc2c1.ClC(Cl)Cl. The van der Waals surface area contributed by atoms with Crippen molar-refractivity contribution >= 4 is 69.2 Å². The molecule has 1 aliphatic heterocycles. The molecule has 0 spiro atoms. The fourth-order valence-electron chi connectivity index (χ4n) is 2.82. The van der Waals surface area contributed by atoms with Crippen molar-refractivity contribution in [2.45, 2.75) is 31.0 Å². The van der Waals surface area contributed by atoms with Crippen molar-refractivity contribution in [3.8, 4) is 0 Å². The average Bonchev–Trinajstić information content (AvgIpc) is 2.99. The number of alkyl halides is 3. The van der Waals surface area contributed by atoms with Gasteiger partial charge in [0.2, 0.25) is 0 Å². The molecule has 2 heterocycles. The molecular formula is C19H19Cl3N2O6. The molecule has 1 aromatic heterocycles. The maximum atomic E-state index is 12.2. The molecule has 11 heteroatoms. The molecule has 0 bridgehead atoms. The highest BCUT2D eigenvalue weighted by Gasteiger charge is 2.34. The Bertz CT molecular complexity index is 985. The minimum absolute atomic E-state index is 0.0213. The van der Waals surface area contributed by atoms with Gasteiger partial charge in [-0.15, -0.1) is 5.06 Å². The molecule has 1 saturated heterocycles. The molecule has 162 valence electrons. The third kappa shape index (κ3) is 5.87. The summed E-state index contributed by atoms with van der Waals surface area (Å²) in [7, 11) is 0. The summed E-state index contributed by atoms with van der Waals surface area (Å²) in [6, 6.07) is 6.65. The van der Waals surface area contributed by atoms with Crippen LogP contribution >= 0.6 is 34.8 Å². The van der Waals surface area contributed by atoms with Crippen LogP contribution in [0.15, 0.2) is 33.5 Å². The molecule has 1 aromatic carbocycles. The number of hydrogen-bond acceptors (Lipinski definition) is 7. The van der Waals surface area contributed by atoms with Gasteiger partial charge in [-0.1, -0.05) is 34.8 Å². The van der Waals surface area contributed by atoms with Crippen molar-refractivity contribution < 1.29 is 23.6 Å². The van der Waals surface area contributed by atoms with Crippen molar-refractivity contribution in [3.05, 3.63) is 40.2 Å². The fraction of sp³-hybridized carbons (Fsp3) is 0.368. The molecule has 8 nitrogen and oxygen atoms in total. The van der Waals surface area contributed by atoms with Gasteiger partial charge in [-0.05, 0) is 32.0 Å². The first-order valence-electron chi connectivity index (χ1n) is 9.01. The Morgan fingerprint density at radius 1 is 1.10 bits per heavy atom. The zero-order chi connectivity index (χ0) is 22.4. The van der Waals surface area contributed by atoms with Crippen molar-refractivity contribution in [3.63, 3.8) is 0 Å². The second-order valence-corrected chi connectivity index (χ2v) is 8.03. The van der Waals surface area contributed by atoms with E-state index in [2.05, 4.69) is 4.90 Å². The van der Waals surface area contributed by atoms with Crippen LogP contribution in [0.5, 0.6) is 0 Å². The van der Waals surface area contributed by atoms with Gasteiger partial charge in [0.25, 0.3) is 11.8 Å². The van der Waals surface area contributed by atoms with Gasteiger partial charge in [0, 0.05) is 43.1 Å². The summed E-state index contributed by atoms with van der Waals surface area (Å²) in [5.41, 5.74) is -0.0302. The van der Waals surface area contributed by atoms with Gasteiger partial charge in [0.1, 0.15) is 11.1 Å². The summed E-state index contributed by atoms with van der Waals surface area (Å²) in [6.45, 7) is 5.64. The molecule has 1 fully saturated rings. The van der Waals surface area contributed by atoms with Crippen LogP contribution in [0, 0.1) is 0 Å². The lowest BCUT2D eigenvalue weighted by molar-refractivity contribution is -0.172. The summed E-state index contributed by atoms with van der Waals surface area (Å²) in [5.74, 6) is -2.33. The third-order valence-electron chi connectivity index (χ3n) is 4.25. The van der Waals surface area contributed by atoms with Crippen LogP contribution in [0.1, 0.15) is 37.0 Å². The molecule has 0 saturated carbocycles. The second kappa shape index (κ2) is 10.7. The van der Waals surface area contributed by atoms with Gasteiger partial charge < -0.3 is 14.2 Å². The van der Waals surface area contributed by atoms with E-state index in [1.807, 2.05) is 19.9 Å². The molecule has 3 rings (SSSR count). The maximum Gasteiger partial charge on any atom is 0.371 e. The van der Waals surface area contributed by atoms with Gasteiger partial charge in [-0.25, -0.2) is 9.59 Å². The fourth-order valence-corrected chi connectivity index (χ4v) is 2.82. The number of rotatable bonds is 5. The number of hydroxylamine groups is 2. The summed E-state index contributed by atoms with van der Waals surface area (Å²) >= 11 is 14.4. The van der Waals surface area contributed by atoms with Crippen LogP contribution in [0.25, 0.3) is 11.0 Å². The van der Waals surface area contributed by atoms with Gasteiger partial charge in [-0.3, -0.25) is 9.59 Å². The van der Waals surface area contributed by atoms with Crippen molar-refractivity contribution in [1.82, 2.24) is 5.06 Å². The maximum absolute atomic E-state index is 12.2. The van der Waals surface area contributed by atoms with E-state index in [-0.39, 0.29) is 18.4 Å². The Morgan fingerprint density at radius 3 is 2.20 bits per heavy atom. The van der Waals surface area contributed by atoms with Crippen LogP contribution < -0.4 is 10.5 Å². The number of hydrogen-bond donors (Lipinski definition) is 0. The summed E-state index contributed by atoms with van der Waals surface area (Å²) < 4.78 is 4.49. The molecule has 0 radical (unpaired) electrons. The van der Waals surface area contributed by atoms with Gasteiger partial charge in [-0.2, -0.15) is 0 Å². The minimum atomic E-state index is -1.10. The van der Waals surface area contributed by atoms with Crippen LogP contribution in [0.2, 0.25) is 0 Å². The van der Waals surface area contributed by atoms with Gasteiger partial charge in [0.15, 0.2) is 4.30 Å². The van der Waals surface area contributed by atoms with E-state index >= 15 is 0 Å². The number of halogens is 3. The molecule has 0 unspecified atom stereocenters. The molecule has 0 aliphatic carbocycles. The van der Waals surface area contributed by atoms with E-state index in [4.69, 9.17) is 44.1 Å². The van der Waals surface area contributed by atoms with Gasteiger partial charge in [0.05, 0.1) is 0 Å². The Morgan fingerprint density at radius 2 is 1.67 bits per heavy atom. The predicted octanol–water partition coefficient (Wildman–Crippen LogP) is 3.85. The van der Waals surface area contributed by atoms with E-state index in [1.54, 1.807) is 12.1 Å². The summed E-state index contributed by atoms with van der Waals surface area (Å²) in [6.07, 6.45) is -0.0425. The average molecular weight is 478 g/mol. The minimum Gasteiger partial charge on any atom is -0.422 e. The van der Waals surface area contributed by atoms with Crippen LogP contribution in [0.3, 0.4) is 0 Å². The standard InChI is InChI=1S/C18H18N2O6.CHCl3/c1-3-19(4-2)12-6-5-11-9-13(17(23)25-14(11)10-12)18(24)26-20-15(21)7-8-16(20)22;2-1(3)4/h5-6,9-10H,3-4,7-8H2,1-2H3;1H. The number of amides is 2. The Labute approximate surface area is 187 Å². The monoisotopic (exact) mass is 476 g/mol. The first-order valence-corrected chi connectivity index (χ1v) is 10.3. The largest absolute Gasteiger partial charge is 0.422 e. The molecular weight excluding hydrogens is 459 g/mol. The van der Waals surface area contributed by atoms with Crippen LogP contribution in [-0.4, -0.2) is 40.2 Å². The first-order chi connectivity index (χ1) is 14.2. The number of nitrogens with zero attached hydrogens (tertiary/aromatic N) is 2. The normalized spacial score (nSPS) is 13.5. The molecule has 2 amide bonds. The molecule has 0 atom stereocenters. The van der Waals surface area contributed by atoms with Gasteiger partial charge >= 0.3 is 11.6 Å². The molecule has 30 heavy (non-hydrogen) atoms.